The zero-order valence-corrected chi connectivity index (χ0v) is 9.82. The van der Waals surface area contributed by atoms with E-state index in [4.69, 9.17) is 9.47 Å². The van der Waals surface area contributed by atoms with Gasteiger partial charge in [0, 0.05) is 12.3 Å². The van der Waals surface area contributed by atoms with Crippen LogP contribution in [0.2, 0.25) is 0 Å². The highest BCUT2D eigenvalue weighted by Crippen LogP contribution is 2.84. The number of carbonyl (C=O) groups excluding carboxylic acids is 3. The Hall–Kier alpha value is -1.39. The van der Waals surface area contributed by atoms with Crippen molar-refractivity contribution in [2.45, 2.75) is 19.3 Å². The molecule has 3 aliphatic rings. The van der Waals surface area contributed by atoms with Gasteiger partial charge in [-0.2, -0.15) is 0 Å². The Balaban J connectivity index is 2.13. The molecule has 0 saturated heterocycles. The lowest BCUT2D eigenvalue weighted by atomic mass is 9.88. The predicted molar refractivity (Wildman–Crippen MR) is 54.7 cm³/mol. The van der Waals surface area contributed by atoms with Crippen molar-refractivity contribution in [2.24, 2.45) is 22.7 Å². The SMILES string of the molecule is COC(=O)[C@]12C(=O)C[C@H]3CC[C@H]1[C@]32C(=O)OC. The van der Waals surface area contributed by atoms with Gasteiger partial charge >= 0.3 is 11.9 Å². The molecule has 0 unspecified atom stereocenters. The Morgan fingerprint density at radius 2 is 1.82 bits per heavy atom. The number of fused-ring (bicyclic) bond motifs is 1. The number of Topliss-reactive ketones (excluding diaryl/α,β-unsaturated/α-hetero) is 1. The zero-order chi connectivity index (χ0) is 12.4. The molecule has 0 amide bonds. The molecule has 5 nitrogen and oxygen atoms in total. The average Bonchev–Trinajstić information content (AvgIpc) is 2.74. The molecular weight excluding hydrogens is 224 g/mol. The van der Waals surface area contributed by atoms with Crippen LogP contribution < -0.4 is 0 Å². The Morgan fingerprint density at radius 1 is 1.18 bits per heavy atom. The molecule has 0 N–H and O–H groups in total. The van der Waals surface area contributed by atoms with Crippen molar-refractivity contribution in [2.75, 3.05) is 14.2 Å². The fourth-order valence-corrected chi connectivity index (χ4v) is 4.52. The maximum atomic E-state index is 12.1. The Morgan fingerprint density at radius 3 is 2.41 bits per heavy atom. The van der Waals surface area contributed by atoms with E-state index in [1.807, 2.05) is 0 Å². The van der Waals surface area contributed by atoms with Crippen molar-refractivity contribution in [1.82, 2.24) is 0 Å². The van der Waals surface area contributed by atoms with Crippen LogP contribution in [0.15, 0.2) is 0 Å². The minimum atomic E-state index is -1.21. The average molecular weight is 238 g/mol. The van der Waals surface area contributed by atoms with Crippen molar-refractivity contribution in [3.63, 3.8) is 0 Å². The standard InChI is InChI=1S/C12H14O5/c1-16-9(14)11-6-3-4-7(11)12(11,8(13)5-6)10(15)17-2/h6-7H,3-5H2,1-2H3/t6-,7+,11+,12-/m1/s1. The van der Waals surface area contributed by atoms with Gasteiger partial charge in [0.15, 0.2) is 5.78 Å². The lowest BCUT2D eigenvalue weighted by Crippen LogP contribution is -2.34. The number of methoxy groups -OCH3 is 2. The minimum absolute atomic E-state index is 0.0356. The van der Waals surface area contributed by atoms with Crippen LogP contribution in [-0.4, -0.2) is 31.9 Å². The second-order valence-corrected chi connectivity index (χ2v) is 5.11. The number of rotatable bonds is 2. The van der Waals surface area contributed by atoms with Gasteiger partial charge in [-0.1, -0.05) is 0 Å². The van der Waals surface area contributed by atoms with Crippen molar-refractivity contribution >= 4 is 17.7 Å². The second-order valence-electron chi connectivity index (χ2n) is 5.11. The molecule has 0 aromatic heterocycles. The predicted octanol–water partition coefficient (Wildman–Crippen LogP) is 0.318. The monoisotopic (exact) mass is 238 g/mol. The van der Waals surface area contributed by atoms with Crippen molar-refractivity contribution < 1.29 is 23.9 Å². The summed E-state index contributed by atoms with van der Waals surface area (Å²) in [4.78, 5) is 36.1. The molecule has 4 atom stereocenters. The smallest absolute Gasteiger partial charge is 0.320 e. The Bertz CT molecular complexity index is 432. The number of esters is 2. The molecule has 17 heavy (non-hydrogen) atoms. The number of hydrogen-bond acceptors (Lipinski definition) is 5. The first-order valence-electron chi connectivity index (χ1n) is 5.78. The fourth-order valence-electron chi connectivity index (χ4n) is 4.52. The number of ether oxygens (including phenoxy) is 2. The maximum Gasteiger partial charge on any atom is 0.320 e. The Kier molecular flexibility index (Phi) is 1.83. The number of ketones is 1. The normalized spacial score (nSPS) is 45.4. The molecule has 3 aliphatic carbocycles. The third kappa shape index (κ3) is 0.779. The van der Waals surface area contributed by atoms with Gasteiger partial charge in [-0.3, -0.25) is 14.4 Å². The van der Waals surface area contributed by atoms with E-state index in [1.165, 1.54) is 14.2 Å². The summed E-state index contributed by atoms with van der Waals surface area (Å²) in [6.07, 6.45) is 1.87. The number of carbonyl (C=O) groups is 3. The summed E-state index contributed by atoms with van der Waals surface area (Å²) in [6, 6.07) is 0. The molecule has 5 heteroatoms. The van der Waals surface area contributed by atoms with Gasteiger partial charge in [0.1, 0.15) is 5.41 Å². The first kappa shape index (κ1) is 10.7. The van der Waals surface area contributed by atoms with Crippen molar-refractivity contribution in [1.29, 1.82) is 0 Å². The van der Waals surface area contributed by atoms with Gasteiger partial charge < -0.3 is 9.47 Å². The van der Waals surface area contributed by atoms with Crippen molar-refractivity contribution in [3.05, 3.63) is 0 Å². The van der Waals surface area contributed by atoms with Gasteiger partial charge in [0.25, 0.3) is 0 Å². The van der Waals surface area contributed by atoms with E-state index >= 15 is 0 Å². The fraction of sp³-hybridized carbons (Fsp3) is 0.750. The molecule has 0 aromatic rings. The summed E-state index contributed by atoms with van der Waals surface area (Å²) < 4.78 is 9.58. The molecule has 0 spiro atoms. The van der Waals surface area contributed by atoms with E-state index in [2.05, 4.69) is 0 Å². The van der Waals surface area contributed by atoms with Crippen LogP contribution in [0.25, 0.3) is 0 Å². The van der Waals surface area contributed by atoms with Crippen LogP contribution in [0.1, 0.15) is 19.3 Å². The van der Waals surface area contributed by atoms with Crippen LogP contribution in [0.4, 0.5) is 0 Å². The molecule has 3 saturated carbocycles. The van der Waals surface area contributed by atoms with Gasteiger partial charge in [-0.05, 0) is 18.8 Å². The molecule has 0 bridgehead atoms. The van der Waals surface area contributed by atoms with Crippen LogP contribution >= 0.6 is 0 Å². The summed E-state index contributed by atoms with van der Waals surface area (Å²) in [5, 5.41) is 0. The molecular formula is C12H14O5. The second kappa shape index (κ2) is 2.89. The number of hydrogen-bond donors (Lipinski definition) is 0. The van der Waals surface area contributed by atoms with E-state index in [1.54, 1.807) is 0 Å². The molecule has 92 valence electrons. The van der Waals surface area contributed by atoms with Crippen LogP contribution in [0.5, 0.6) is 0 Å². The van der Waals surface area contributed by atoms with Crippen molar-refractivity contribution in [3.8, 4) is 0 Å². The quantitative estimate of drug-likeness (QED) is 0.511. The lowest BCUT2D eigenvalue weighted by Gasteiger charge is -2.17. The van der Waals surface area contributed by atoms with E-state index < -0.39 is 22.8 Å². The molecule has 3 rings (SSSR count). The van der Waals surface area contributed by atoms with E-state index in [0.717, 1.165) is 12.8 Å². The largest absolute Gasteiger partial charge is 0.469 e. The summed E-state index contributed by atoms with van der Waals surface area (Å²) in [7, 11) is 2.57. The van der Waals surface area contributed by atoms with E-state index in [0.29, 0.717) is 6.42 Å². The molecule has 0 aliphatic heterocycles. The van der Waals surface area contributed by atoms with E-state index in [-0.39, 0.29) is 17.6 Å². The van der Waals surface area contributed by atoms with Crippen LogP contribution in [0.3, 0.4) is 0 Å². The highest BCUT2D eigenvalue weighted by atomic mass is 16.5. The highest BCUT2D eigenvalue weighted by molar-refractivity contribution is 6.17. The lowest BCUT2D eigenvalue weighted by molar-refractivity contribution is -0.159. The third-order valence-corrected chi connectivity index (χ3v) is 4.99. The highest BCUT2D eigenvalue weighted by Gasteiger charge is 2.95. The summed E-state index contributed by atoms with van der Waals surface area (Å²) >= 11 is 0. The van der Waals surface area contributed by atoms with Crippen LogP contribution in [-0.2, 0) is 23.9 Å². The van der Waals surface area contributed by atoms with Gasteiger partial charge in [-0.15, -0.1) is 0 Å². The topological polar surface area (TPSA) is 69.7 Å². The minimum Gasteiger partial charge on any atom is -0.469 e. The summed E-state index contributed by atoms with van der Waals surface area (Å²) in [5.74, 6) is -1.34. The van der Waals surface area contributed by atoms with Crippen LogP contribution in [0, 0.1) is 22.7 Å². The summed E-state index contributed by atoms with van der Waals surface area (Å²) in [6.45, 7) is 0. The summed E-state index contributed by atoms with van der Waals surface area (Å²) in [5.41, 5.74) is -2.11. The third-order valence-electron chi connectivity index (χ3n) is 4.99. The zero-order valence-electron chi connectivity index (χ0n) is 9.82. The molecule has 0 radical (unpaired) electrons. The van der Waals surface area contributed by atoms with Gasteiger partial charge in [0.05, 0.1) is 19.6 Å². The van der Waals surface area contributed by atoms with E-state index in [9.17, 15) is 14.4 Å². The van der Waals surface area contributed by atoms with Gasteiger partial charge in [0.2, 0.25) is 0 Å². The molecule has 0 heterocycles. The molecule has 0 aromatic carbocycles. The first-order valence-corrected chi connectivity index (χ1v) is 5.78. The maximum absolute atomic E-state index is 12.1. The Labute approximate surface area is 98.4 Å². The van der Waals surface area contributed by atoms with Gasteiger partial charge in [-0.25, -0.2) is 0 Å². The molecule has 3 fully saturated rings. The first-order chi connectivity index (χ1) is 8.08.